The molecule has 4 rings (SSSR count). The molecule has 0 saturated heterocycles. The van der Waals surface area contributed by atoms with Crippen LogP contribution in [0.3, 0.4) is 0 Å². The van der Waals surface area contributed by atoms with E-state index in [2.05, 4.69) is 30.4 Å². The maximum Gasteiger partial charge on any atom is 0.193 e. The normalized spacial score (nSPS) is 17.2. The number of benzene rings is 2. The van der Waals surface area contributed by atoms with Gasteiger partial charge < -0.3 is 0 Å². The van der Waals surface area contributed by atoms with Crippen LogP contribution in [0.4, 0.5) is 0 Å². The van der Waals surface area contributed by atoms with E-state index in [1.807, 2.05) is 18.2 Å². The summed E-state index contributed by atoms with van der Waals surface area (Å²) in [5.41, 5.74) is 4.04. The van der Waals surface area contributed by atoms with Crippen molar-refractivity contribution in [2.45, 2.75) is 12.8 Å². The van der Waals surface area contributed by atoms with Crippen molar-refractivity contribution in [3.8, 4) is 0 Å². The molecule has 1 nitrogen and oxygen atoms in total. The van der Waals surface area contributed by atoms with Gasteiger partial charge in [-0.05, 0) is 46.9 Å². The van der Waals surface area contributed by atoms with E-state index in [1.54, 1.807) is 0 Å². The van der Waals surface area contributed by atoms with E-state index in [9.17, 15) is 4.79 Å². The lowest BCUT2D eigenvalue weighted by Crippen LogP contribution is -1.96. The topological polar surface area (TPSA) is 17.1 Å². The average Bonchev–Trinajstić information content (AvgIpc) is 2.71. The van der Waals surface area contributed by atoms with Gasteiger partial charge in [0, 0.05) is 11.1 Å². The minimum Gasteiger partial charge on any atom is -0.289 e. The fourth-order valence-corrected chi connectivity index (χ4v) is 2.94. The van der Waals surface area contributed by atoms with Crippen LogP contribution in [0.2, 0.25) is 0 Å². The predicted molar refractivity (Wildman–Crippen MR) is 73.6 cm³/mol. The second-order valence-corrected chi connectivity index (χ2v) is 4.89. The molecule has 18 heavy (non-hydrogen) atoms. The first kappa shape index (κ1) is 9.84. The zero-order valence-corrected chi connectivity index (χ0v) is 9.94. The van der Waals surface area contributed by atoms with Gasteiger partial charge in [-0.15, -0.1) is 0 Å². The van der Waals surface area contributed by atoms with Crippen LogP contribution >= 0.6 is 0 Å². The number of ketones is 1. The van der Waals surface area contributed by atoms with Gasteiger partial charge >= 0.3 is 0 Å². The van der Waals surface area contributed by atoms with E-state index in [-0.39, 0.29) is 5.78 Å². The van der Waals surface area contributed by atoms with Gasteiger partial charge in [-0.25, -0.2) is 0 Å². The van der Waals surface area contributed by atoms with Gasteiger partial charge in [0.05, 0.1) is 0 Å². The summed E-state index contributed by atoms with van der Waals surface area (Å²) in [5.74, 6) is 0.196. The Morgan fingerprint density at radius 2 is 1.39 bits per heavy atom. The summed E-state index contributed by atoms with van der Waals surface area (Å²) >= 11 is 0. The third-order valence-corrected chi connectivity index (χ3v) is 3.82. The number of hydrogen-bond donors (Lipinski definition) is 0. The van der Waals surface area contributed by atoms with Crippen LogP contribution in [0.25, 0.3) is 16.3 Å². The van der Waals surface area contributed by atoms with Crippen LogP contribution in [-0.2, 0) is 0 Å². The maximum atomic E-state index is 12.4. The zero-order chi connectivity index (χ0) is 12.1. The molecular formula is C17H12O. The van der Waals surface area contributed by atoms with Crippen molar-refractivity contribution in [1.29, 1.82) is 0 Å². The molecule has 0 heterocycles. The number of Topliss-reactive ketones (excluding diaryl/α,β-unsaturated/α-hetero) is 1. The average molecular weight is 232 g/mol. The zero-order valence-electron chi connectivity index (χ0n) is 9.94. The highest BCUT2D eigenvalue weighted by Crippen LogP contribution is 2.41. The van der Waals surface area contributed by atoms with Gasteiger partial charge in [0.25, 0.3) is 0 Å². The van der Waals surface area contributed by atoms with Crippen molar-refractivity contribution in [3.63, 3.8) is 0 Å². The summed E-state index contributed by atoms with van der Waals surface area (Å²) in [7, 11) is 0. The molecule has 2 aliphatic rings. The van der Waals surface area contributed by atoms with Crippen LogP contribution in [-0.4, -0.2) is 5.78 Å². The summed E-state index contributed by atoms with van der Waals surface area (Å²) in [4.78, 5) is 12.4. The number of carbonyl (C=O) groups is 1. The second kappa shape index (κ2) is 3.42. The molecule has 2 aromatic carbocycles. The molecule has 0 radical (unpaired) electrons. The Labute approximate surface area is 105 Å². The Hall–Kier alpha value is -2.15. The quantitative estimate of drug-likeness (QED) is 0.667. The van der Waals surface area contributed by atoms with Crippen LogP contribution in [0.5, 0.6) is 0 Å². The monoisotopic (exact) mass is 232 g/mol. The van der Waals surface area contributed by atoms with Crippen molar-refractivity contribution in [2.24, 2.45) is 0 Å². The number of carbonyl (C=O) groups excluding carboxylic acids is 1. The molecule has 0 bridgehead atoms. The Balaban J connectivity index is 2.09. The number of allylic oxidation sites excluding steroid dienone is 4. The van der Waals surface area contributed by atoms with Gasteiger partial charge in [-0.1, -0.05) is 36.4 Å². The molecule has 2 aliphatic carbocycles. The van der Waals surface area contributed by atoms with Gasteiger partial charge in [0.15, 0.2) is 5.78 Å². The molecule has 0 atom stereocenters. The molecule has 2 aromatic rings. The number of rotatable bonds is 0. The highest BCUT2D eigenvalue weighted by atomic mass is 16.1. The first-order valence-corrected chi connectivity index (χ1v) is 6.33. The van der Waals surface area contributed by atoms with E-state index >= 15 is 0 Å². The summed E-state index contributed by atoms with van der Waals surface area (Å²) < 4.78 is 0. The molecule has 0 aromatic heterocycles. The Kier molecular flexibility index (Phi) is 1.87. The maximum absolute atomic E-state index is 12.4. The minimum atomic E-state index is 0.196. The third kappa shape index (κ3) is 1.19. The van der Waals surface area contributed by atoms with Gasteiger partial charge in [-0.3, -0.25) is 4.79 Å². The van der Waals surface area contributed by atoms with Crippen molar-refractivity contribution < 1.29 is 4.79 Å². The molecule has 0 aliphatic heterocycles. The smallest absolute Gasteiger partial charge is 0.193 e. The second-order valence-electron chi connectivity index (χ2n) is 4.89. The molecule has 86 valence electrons. The van der Waals surface area contributed by atoms with Crippen LogP contribution in [0.15, 0.2) is 54.1 Å². The van der Waals surface area contributed by atoms with Gasteiger partial charge in [0.2, 0.25) is 0 Å². The lowest BCUT2D eigenvalue weighted by Gasteiger charge is -2.07. The first-order chi connectivity index (χ1) is 8.84. The van der Waals surface area contributed by atoms with Crippen molar-refractivity contribution in [1.82, 2.24) is 0 Å². The van der Waals surface area contributed by atoms with Crippen LogP contribution < -0.4 is 0 Å². The van der Waals surface area contributed by atoms with Crippen LogP contribution in [0.1, 0.15) is 28.8 Å². The van der Waals surface area contributed by atoms with E-state index in [4.69, 9.17) is 0 Å². The van der Waals surface area contributed by atoms with Gasteiger partial charge in [0.1, 0.15) is 0 Å². The lowest BCUT2D eigenvalue weighted by atomic mass is 9.97. The third-order valence-electron chi connectivity index (χ3n) is 3.82. The highest BCUT2D eigenvalue weighted by molar-refractivity contribution is 6.28. The molecule has 0 N–H and O–H groups in total. The van der Waals surface area contributed by atoms with E-state index < -0.39 is 0 Å². The Bertz CT molecular complexity index is 747. The fourth-order valence-electron chi connectivity index (χ4n) is 2.94. The lowest BCUT2D eigenvalue weighted by molar-refractivity contribution is 0.104. The van der Waals surface area contributed by atoms with Gasteiger partial charge in [-0.2, -0.15) is 0 Å². The first-order valence-electron chi connectivity index (χ1n) is 6.33. The largest absolute Gasteiger partial charge is 0.289 e. The summed E-state index contributed by atoms with van der Waals surface area (Å²) in [5, 5.41) is 2.35. The van der Waals surface area contributed by atoms with E-state index in [0.717, 1.165) is 40.5 Å². The molecule has 0 saturated carbocycles. The SMILES string of the molecule is O=C1C2=CCCC=C2c2cc3ccccc3cc21. The summed E-state index contributed by atoms with van der Waals surface area (Å²) in [6.45, 7) is 0. The number of hydrogen-bond acceptors (Lipinski definition) is 1. The minimum absolute atomic E-state index is 0.196. The Morgan fingerprint density at radius 1 is 0.778 bits per heavy atom. The molecule has 0 amide bonds. The van der Waals surface area contributed by atoms with E-state index in [1.165, 1.54) is 5.39 Å². The predicted octanol–water partition coefficient (Wildman–Crippen LogP) is 4.14. The van der Waals surface area contributed by atoms with Crippen molar-refractivity contribution in [2.75, 3.05) is 0 Å². The molecule has 0 spiro atoms. The van der Waals surface area contributed by atoms with Crippen molar-refractivity contribution in [3.05, 3.63) is 65.3 Å². The Morgan fingerprint density at radius 3 is 2.11 bits per heavy atom. The standard InChI is InChI=1S/C17H12O/c18-17-14-8-4-3-7-13(14)15-9-11-5-1-2-6-12(11)10-16(15)17/h1-2,5-10H,3-4H2. The molecule has 1 heteroatoms. The summed E-state index contributed by atoms with van der Waals surface area (Å²) in [6, 6.07) is 12.4. The fraction of sp³-hybridized carbons (Fsp3) is 0.118. The van der Waals surface area contributed by atoms with E-state index in [0.29, 0.717) is 0 Å². The molecular weight excluding hydrogens is 220 g/mol. The van der Waals surface area contributed by atoms with Crippen LogP contribution in [0, 0.1) is 0 Å². The van der Waals surface area contributed by atoms with Crippen molar-refractivity contribution >= 4 is 22.1 Å². The number of fused-ring (bicyclic) bond motifs is 4. The summed E-state index contributed by atoms with van der Waals surface area (Å²) in [6.07, 6.45) is 6.31. The molecule has 0 fully saturated rings. The highest BCUT2D eigenvalue weighted by Gasteiger charge is 2.30. The molecule has 0 unspecified atom stereocenters.